The normalized spacial score (nSPS) is 23.3. The van der Waals surface area contributed by atoms with Gasteiger partial charge in [0.25, 0.3) is 12.4 Å². The first-order valence-corrected chi connectivity index (χ1v) is 5.88. The van der Waals surface area contributed by atoms with E-state index in [1.807, 2.05) is 18.7 Å². The summed E-state index contributed by atoms with van der Waals surface area (Å²) < 4.78 is 31.3. The predicted octanol–water partition coefficient (Wildman–Crippen LogP) is 1.21. The standard InChI is InChI=1S/C11H20F2N2O2/c1-9(2)15(7-17-8-16)6-3-10-11(12,13)4-5-14-10/h8-10,14H,3-7H2,1-2H3. The molecule has 1 fully saturated rings. The summed E-state index contributed by atoms with van der Waals surface area (Å²) in [5, 5.41) is 2.81. The summed E-state index contributed by atoms with van der Waals surface area (Å²) in [5.41, 5.74) is 0. The molecular weight excluding hydrogens is 230 g/mol. The van der Waals surface area contributed by atoms with E-state index in [-0.39, 0.29) is 19.2 Å². The van der Waals surface area contributed by atoms with Gasteiger partial charge in [-0.2, -0.15) is 0 Å². The van der Waals surface area contributed by atoms with Crippen LogP contribution in [0.4, 0.5) is 8.78 Å². The van der Waals surface area contributed by atoms with Crippen LogP contribution in [0.3, 0.4) is 0 Å². The molecule has 0 bridgehead atoms. The molecule has 0 aromatic heterocycles. The van der Waals surface area contributed by atoms with Crippen molar-refractivity contribution in [3.05, 3.63) is 0 Å². The molecule has 0 saturated carbocycles. The van der Waals surface area contributed by atoms with E-state index in [4.69, 9.17) is 0 Å². The smallest absolute Gasteiger partial charge is 0.294 e. The molecule has 0 aromatic rings. The van der Waals surface area contributed by atoms with Crippen LogP contribution in [0.2, 0.25) is 0 Å². The molecule has 1 atom stereocenters. The zero-order chi connectivity index (χ0) is 12.9. The Morgan fingerprint density at radius 3 is 2.76 bits per heavy atom. The number of hydrogen-bond acceptors (Lipinski definition) is 4. The van der Waals surface area contributed by atoms with Gasteiger partial charge < -0.3 is 10.1 Å². The number of nitrogens with zero attached hydrogens (tertiary/aromatic N) is 1. The lowest BCUT2D eigenvalue weighted by Gasteiger charge is -2.27. The number of alkyl halides is 2. The highest BCUT2D eigenvalue weighted by Gasteiger charge is 2.43. The zero-order valence-electron chi connectivity index (χ0n) is 10.3. The summed E-state index contributed by atoms with van der Waals surface area (Å²) in [4.78, 5) is 12.0. The van der Waals surface area contributed by atoms with Crippen molar-refractivity contribution in [3.63, 3.8) is 0 Å². The molecule has 0 aliphatic carbocycles. The molecule has 1 heterocycles. The Morgan fingerprint density at radius 2 is 2.29 bits per heavy atom. The summed E-state index contributed by atoms with van der Waals surface area (Å²) in [5.74, 6) is -2.62. The SMILES string of the molecule is CC(C)N(CCC1NCCC1(F)F)COC=O. The number of carbonyl (C=O) groups excluding carboxylic acids is 1. The van der Waals surface area contributed by atoms with Crippen molar-refractivity contribution in [2.45, 2.75) is 44.7 Å². The van der Waals surface area contributed by atoms with Crippen LogP contribution in [0, 0.1) is 0 Å². The van der Waals surface area contributed by atoms with Gasteiger partial charge in [0.1, 0.15) is 6.73 Å². The lowest BCUT2D eigenvalue weighted by molar-refractivity contribution is -0.134. The molecule has 100 valence electrons. The van der Waals surface area contributed by atoms with Crippen LogP contribution in [0.5, 0.6) is 0 Å². The van der Waals surface area contributed by atoms with Crippen molar-refractivity contribution in [1.29, 1.82) is 0 Å². The minimum Gasteiger partial charge on any atom is -0.452 e. The summed E-state index contributed by atoms with van der Waals surface area (Å²) in [6.45, 7) is 5.25. The second-order valence-electron chi connectivity index (χ2n) is 4.60. The van der Waals surface area contributed by atoms with Crippen molar-refractivity contribution in [2.24, 2.45) is 0 Å². The molecule has 1 unspecified atom stereocenters. The fourth-order valence-corrected chi connectivity index (χ4v) is 1.94. The van der Waals surface area contributed by atoms with E-state index >= 15 is 0 Å². The van der Waals surface area contributed by atoms with Crippen molar-refractivity contribution in [1.82, 2.24) is 10.2 Å². The van der Waals surface area contributed by atoms with Crippen LogP contribution >= 0.6 is 0 Å². The van der Waals surface area contributed by atoms with Gasteiger partial charge in [-0.15, -0.1) is 0 Å². The van der Waals surface area contributed by atoms with E-state index in [2.05, 4.69) is 10.1 Å². The maximum Gasteiger partial charge on any atom is 0.294 e. The lowest BCUT2D eigenvalue weighted by atomic mass is 10.1. The first-order valence-electron chi connectivity index (χ1n) is 5.88. The maximum atomic E-state index is 13.3. The van der Waals surface area contributed by atoms with Crippen LogP contribution < -0.4 is 5.32 Å². The van der Waals surface area contributed by atoms with Crippen molar-refractivity contribution in [3.8, 4) is 0 Å². The molecule has 17 heavy (non-hydrogen) atoms. The molecule has 1 aliphatic heterocycles. The van der Waals surface area contributed by atoms with Gasteiger partial charge in [-0.25, -0.2) is 8.78 Å². The third-order valence-corrected chi connectivity index (χ3v) is 3.10. The zero-order valence-corrected chi connectivity index (χ0v) is 10.3. The Balaban J connectivity index is 2.38. The molecule has 1 aliphatic rings. The Kier molecular flexibility index (Phi) is 5.27. The number of halogens is 2. The van der Waals surface area contributed by atoms with Gasteiger partial charge >= 0.3 is 0 Å². The monoisotopic (exact) mass is 250 g/mol. The summed E-state index contributed by atoms with van der Waals surface area (Å²) in [6.07, 6.45) is 0.261. The van der Waals surface area contributed by atoms with E-state index in [1.165, 1.54) is 0 Å². The molecular formula is C11H20F2N2O2. The van der Waals surface area contributed by atoms with Gasteiger partial charge in [0.2, 0.25) is 0 Å². The van der Waals surface area contributed by atoms with Gasteiger partial charge in [-0.05, 0) is 20.3 Å². The number of rotatable bonds is 7. The summed E-state index contributed by atoms with van der Waals surface area (Å²) >= 11 is 0. The topological polar surface area (TPSA) is 41.6 Å². The van der Waals surface area contributed by atoms with Crippen LogP contribution in [0.1, 0.15) is 26.7 Å². The number of hydrogen-bond donors (Lipinski definition) is 1. The third kappa shape index (κ3) is 4.20. The Bertz CT molecular complexity index is 250. The predicted molar refractivity (Wildman–Crippen MR) is 59.8 cm³/mol. The first-order chi connectivity index (χ1) is 7.97. The number of ether oxygens (including phenoxy) is 1. The third-order valence-electron chi connectivity index (χ3n) is 3.10. The summed E-state index contributed by atoms with van der Waals surface area (Å²) in [7, 11) is 0. The van der Waals surface area contributed by atoms with E-state index in [9.17, 15) is 13.6 Å². The van der Waals surface area contributed by atoms with Crippen molar-refractivity contribution < 1.29 is 18.3 Å². The van der Waals surface area contributed by atoms with E-state index < -0.39 is 12.0 Å². The minimum absolute atomic E-state index is 0.0931. The number of carbonyl (C=O) groups is 1. The van der Waals surface area contributed by atoms with Gasteiger partial charge in [0.15, 0.2) is 0 Å². The van der Waals surface area contributed by atoms with Gasteiger partial charge in [-0.3, -0.25) is 9.69 Å². The van der Waals surface area contributed by atoms with E-state index in [0.717, 1.165) is 0 Å². The van der Waals surface area contributed by atoms with Gasteiger partial charge in [0, 0.05) is 25.6 Å². The minimum atomic E-state index is -2.62. The van der Waals surface area contributed by atoms with Crippen molar-refractivity contribution >= 4 is 6.47 Å². The Labute approximate surface area is 100 Å². The Hall–Kier alpha value is -0.750. The highest BCUT2D eigenvalue weighted by Crippen LogP contribution is 2.29. The molecule has 6 heteroatoms. The summed E-state index contributed by atoms with van der Waals surface area (Å²) in [6, 6.07) is -0.607. The lowest BCUT2D eigenvalue weighted by Crippen LogP contribution is -2.41. The average molecular weight is 250 g/mol. The van der Waals surface area contributed by atoms with E-state index in [1.54, 1.807) is 0 Å². The first kappa shape index (κ1) is 14.3. The van der Waals surface area contributed by atoms with Crippen molar-refractivity contribution in [2.75, 3.05) is 19.8 Å². The van der Waals surface area contributed by atoms with Crippen LogP contribution in [-0.2, 0) is 9.53 Å². The van der Waals surface area contributed by atoms with Crippen LogP contribution in [0.15, 0.2) is 0 Å². The highest BCUT2D eigenvalue weighted by molar-refractivity contribution is 5.36. The molecule has 4 nitrogen and oxygen atoms in total. The molecule has 0 radical (unpaired) electrons. The largest absolute Gasteiger partial charge is 0.452 e. The van der Waals surface area contributed by atoms with Gasteiger partial charge in [-0.1, -0.05) is 0 Å². The van der Waals surface area contributed by atoms with Crippen LogP contribution in [-0.4, -0.2) is 49.2 Å². The quantitative estimate of drug-likeness (QED) is 0.545. The highest BCUT2D eigenvalue weighted by atomic mass is 19.3. The average Bonchev–Trinajstić information content (AvgIpc) is 2.57. The second-order valence-corrected chi connectivity index (χ2v) is 4.60. The fraction of sp³-hybridized carbons (Fsp3) is 0.909. The molecule has 0 spiro atoms. The molecule has 1 saturated heterocycles. The number of nitrogens with one attached hydrogen (secondary N) is 1. The Morgan fingerprint density at radius 1 is 1.59 bits per heavy atom. The molecule has 1 N–H and O–H groups in total. The second kappa shape index (κ2) is 6.26. The fourth-order valence-electron chi connectivity index (χ4n) is 1.94. The molecule has 0 amide bonds. The molecule has 1 rings (SSSR count). The van der Waals surface area contributed by atoms with E-state index in [0.29, 0.717) is 26.0 Å². The van der Waals surface area contributed by atoms with Gasteiger partial charge in [0.05, 0.1) is 6.04 Å². The van der Waals surface area contributed by atoms with Crippen LogP contribution in [0.25, 0.3) is 0 Å². The molecule has 0 aromatic carbocycles. The maximum absolute atomic E-state index is 13.3.